The van der Waals surface area contributed by atoms with Crippen LogP contribution < -0.4 is 16.2 Å². The summed E-state index contributed by atoms with van der Waals surface area (Å²) in [6.45, 7) is 7.02. The number of aryl methyl sites for hydroxylation is 4. The molecule has 0 unspecified atom stereocenters. The fourth-order valence-corrected chi connectivity index (χ4v) is 3.01. The van der Waals surface area contributed by atoms with Crippen LogP contribution in [0.5, 0.6) is 0 Å². The molecule has 0 aliphatic rings. The molecule has 0 saturated heterocycles. The lowest BCUT2D eigenvalue weighted by Gasteiger charge is -2.15. The highest BCUT2D eigenvalue weighted by Crippen LogP contribution is 2.19. The number of carbonyl (C=O) groups excluding carboxylic acids is 1. The lowest BCUT2D eigenvalue weighted by Crippen LogP contribution is -2.30. The number of amides is 1. The summed E-state index contributed by atoms with van der Waals surface area (Å²) in [6, 6.07) is 11.6. The zero-order chi connectivity index (χ0) is 21.1. The van der Waals surface area contributed by atoms with Gasteiger partial charge in [-0.3, -0.25) is 14.2 Å². The highest BCUT2D eigenvalue weighted by molar-refractivity contribution is 5.91. The molecule has 0 saturated carbocycles. The smallest absolute Gasteiger partial charge is 0.255 e. The second-order valence-electron chi connectivity index (χ2n) is 7.10. The van der Waals surface area contributed by atoms with Crippen LogP contribution in [0.1, 0.15) is 22.4 Å². The van der Waals surface area contributed by atoms with Crippen LogP contribution in [0.4, 0.5) is 21.7 Å². The Kier molecular flexibility index (Phi) is 5.77. The van der Waals surface area contributed by atoms with E-state index < -0.39 is 0 Å². The summed E-state index contributed by atoms with van der Waals surface area (Å²) in [7, 11) is 0. The number of rotatable bonds is 5. The van der Waals surface area contributed by atoms with Gasteiger partial charge in [0.15, 0.2) is 0 Å². The third-order valence-corrected chi connectivity index (χ3v) is 4.51. The third kappa shape index (κ3) is 4.87. The predicted molar refractivity (Wildman–Crippen MR) is 112 cm³/mol. The van der Waals surface area contributed by atoms with Crippen molar-refractivity contribution in [1.82, 2.24) is 9.55 Å². The molecule has 1 aromatic heterocycles. The Morgan fingerprint density at radius 3 is 2.48 bits per heavy atom. The van der Waals surface area contributed by atoms with Gasteiger partial charge in [0.05, 0.1) is 0 Å². The number of anilines is 3. The van der Waals surface area contributed by atoms with E-state index in [1.807, 2.05) is 32.0 Å². The number of nitrogens with one attached hydrogen (secondary N) is 2. The van der Waals surface area contributed by atoms with Gasteiger partial charge in [-0.25, -0.2) is 9.37 Å². The molecule has 0 spiro atoms. The Balaban J connectivity index is 1.87. The fraction of sp³-hybridized carbons (Fsp3) is 0.227. The van der Waals surface area contributed by atoms with E-state index in [9.17, 15) is 14.0 Å². The Hall–Kier alpha value is -3.48. The number of aromatic nitrogens is 2. The summed E-state index contributed by atoms with van der Waals surface area (Å²) in [5.41, 5.74) is 3.93. The molecule has 1 amide bonds. The SMILES string of the molecule is Cc1ccc(NC(=O)Cn2c(Nc3ccc(F)c(C)c3)nc(C)cc2=O)c(C)c1. The van der Waals surface area contributed by atoms with Crippen molar-refractivity contribution in [2.75, 3.05) is 10.6 Å². The first kappa shape index (κ1) is 20.3. The quantitative estimate of drug-likeness (QED) is 0.686. The largest absolute Gasteiger partial charge is 0.326 e. The summed E-state index contributed by atoms with van der Waals surface area (Å²) in [6.07, 6.45) is 0. The summed E-state index contributed by atoms with van der Waals surface area (Å²) < 4.78 is 14.8. The second-order valence-corrected chi connectivity index (χ2v) is 7.10. The van der Waals surface area contributed by atoms with E-state index in [4.69, 9.17) is 0 Å². The standard InChI is InChI=1S/C22H23FN4O2/c1-13-5-8-19(15(3)9-13)26-20(28)12-27-21(29)11-16(4)24-22(27)25-17-6-7-18(23)14(2)10-17/h5-11H,12H2,1-4H3,(H,24,25)(H,26,28). The van der Waals surface area contributed by atoms with Crippen molar-refractivity contribution in [1.29, 1.82) is 0 Å². The van der Waals surface area contributed by atoms with E-state index in [2.05, 4.69) is 15.6 Å². The molecule has 0 fully saturated rings. The van der Waals surface area contributed by atoms with E-state index in [0.29, 0.717) is 22.6 Å². The molecule has 150 valence electrons. The molecule has 0 atom stereocenters. The normalized spacial score (nSPS) is 10.7. The van der Waals surface area contributed by atoms with Crippen molar-refractivity contribution in [3.63, 3.8) is 0 Å². The molecule has 2 aromatic carbocycles. The summed E-state index contributed by atoms with van der Waals surface area (Å²) >= 11 is 0. The van der Waals surface area contributed by atoms with Crippen molar-refractivity contribution in [2.24, 2.45) is 0 Å². The molecule has 1 heterocycles. The topological polar surface area (TPSA) is 76.0 Å². The molecule has 0 radical (unpaired) electrons. The van der Waals surface area contributed by atoms with Gasteiger partial charge in [-0.05, 0) is 63.1 Å². The van der Waals surface area contributed by atoms with Crippen LogP contribution in [0.25, 0.3) is 0 Å². The van der Waals surface area contributed by atoms with E-state index >= 15 is 0 Å². The van der Waals surface area contributed by atoms with Crippen molar-refractivity contribution < 1.29 is 9.18 Å². The van der Waals surface area contributed by atoms with Gasteiger partial charge in [0, 0.05) is 23.1 Å². The van der Waals surface area contributed by atoms with Crippen molar-refractivity contribution in [3.8, 4) is 0 Å². The van der Waals surface area contributed by atoms with Crippen LogP contribution in [0.2, 0.25) is 0 Å². The van der Waals surface area contributed by atoms with Gasteiger partial charge in [0.2, 0.25) is 11.9 Å². The van der Waals surface area contributed by atoms with E-state index in [1.165, 1.54) is 16.7 Å². The number of hydrogen-bond donors (Lipinski definition) is 2. The van der Waals surface area contributed by atoms with Crippen LogP contribution in [0.15, 0.2) is 47.3 Å². The van der Waals surface area contributed by atoms with Crippen molar-refractivity contribution >= 4 is 23.2 Å². The first-order valence-corrected chi connectivity index (χ1v) is 9.21. The molecule has 0 bridgehead atoms. The van der Waals surface area contributed by atoms with Crippen LogP contribution in [-0.2, 0) is 11.3 Å². The minimum absolute atomic E-state index is 0.206. The third-order valence-electron chi connectivity index (χ3n) is 4.51. The lowest BCUT2D eigenvalue weighted by atomic mass is 10.1. The number of nitrogens with zero attached hydrogens (tertiary/aromatic N) is 2. The lowest BCUT2D eigenvalue weighted by molar-refractivity contribution is -0.116. The molecular weight excluding hydrogens is 371 g/mol. The molecule has 29 heavy (non-hydrogen) atoms. The Bertz CT molecular complexity index is 1140. The fourth-order valence-electron chi connectivity index (χ4n) is 3.01. The highest BCUT2D eigenvalue weighted by atomic mass is 19.1. The Labute approximate surface area is 168 Å². The minimum Gasteiger partial charge on any atom is -0.326 e. The van der Waals surface area contributed by atoms with Crippen molar-refractivity contribution in [2.45, 2.75) is 34.2 Å². The first-order valence-electron chi connectivity index (χ1n) is 9.21. The maximum Gasteiger partial charge on any atom is 0.255 e. The van der Waals surface area contributed by atoms with Gasteiger partial charge in [-0.15, -0.1) is 0 Å². The van der Waals surface area contributed by atoms with Crippen LogP contribution >= 0.6 is 0 Å². The molecule has 7 heteroatoms. The number of halogens is 1. The van der Waals surface area contributed by atoms with Gasteiger partial charge >= 0.3 is 0 Å². The van der Waals surface area contributed by atoms with E-state index in [-0.39, 0.29) is 29.8 Å². The van der Waals surface area contributed by atoms with Gasteiger partial charge in [-0.2, -0.15) is 0 Å². The van der Waals surface area contributed by atoms with Crippen LogP contribution in [0, 0.1) is 33.5 Å². The maximum atomic E-state index is 13.5. The van der Waals surface area contributed by atoms with E-state index in [1.54, 1.807) is 26.0 Å². The van der Waals surface area contributed by atoms with Crippen molar-refractivity contribution in [3.05, 3.63) is 81.0 Å². The summed E-state index contributed by atoms with van der Waals surface area (Å²) in [5, 5.41) is 5.85. The molecule has 3 rings (SSSR count). The average Bonchev–Trinajstić information content (AvgIpc) is 2.63. The van der Waals surface area contributed by atoms with Crippen LogP contribution in [0.3, 0.4) is 0 Å². The Morgan fingerprint density at radius 2 is 1.79 bits per heavy atom. The molecule has 3 aromatic rings. The zero-order valence-electron chi connectivity index (χ0n) is 16.8. The molecular formula is C22H23FN4O2. The first-order chi connectivity index (χ1) is 13.7. The zero-order valence-corrected chi connectivity index (χ0v) is 16.8. The number of hydrogen-bond acceptors (Lipinski definition) is 4. The molecule has 0 aliphatic heterocycles. The maximum absolute atomic E-state index is 13.5. The highest BCUT2D eigenvalue weighted by Gasteiger charge is 2.13. The second kappa shape index (κ2) is 8.26. The predicted octanol–water partition coefficient (Wildman–Crippen LogP) is 4.00. The summed E-state index contributed by atoms with van der Waals surface area (Å²) in [5.74, 6) is -0.446. The monoisotopic (exact) mass is 394 g/mol. The van der Waals surface area contributed by atoms with Gasteiger partial charge in [-0.1, -0.05) is 17.7 Å². The van der Waals surface area contributed by atoms with Gasteiger partial charge < -0.3 is 10.6 Å². The van der Waals surface area contributed by atoms with E-state index in [0.717, 1.165) is 11.1 Å². The van der Waals surface area contributed by atoms with Crippen LogP contribution in [-0.4, -0.2) is 15.5 Å². The molecule has 2 N–H and O–H groups in total. The summed E-state index contributed by atoms with van der Waals surface area (Å²) in [4.78, 5) is 29.4. The number of benzene rings is 2. The van der Waals surface area contributed by atoms with Gasteiger partial charge in [0.25, 0.3) is 5.56 Å². The average molecular weight is 394 g/mol. The Morgan fingerprint density at radius 1 is 1.03 bits per heavy atom. The molecule has 6 nitrogen and oxygen atoms in total. The minimum atomic E-state index is -0.352. The number of carbonyl (C=O) groups is 1. The van der Waals surface area contributed by atoms with Gasteiger partial charge in [0.1, 0.15) is 12.4 Å². The molecule has 0 aliphatic carbocycles.